The van der Waals surface area contributed by atoms with E-state index in [-0.39, 0.29) is 36.4 Å². The number of halogens is 3. The molecule has 176 valence electrons. The summed E-state index contributed by atoms with van der Waals surface area (Å²) in [5, 5.41) is 31.1. The van der Waals surface area contributed by atoms with E-state index in [9.17, 15) is 43.1 Å². The van der Waals surface area contributed by atoms with Crippen molar-refractivity contribution in [2.45, 2.75) is 31.9 Å². The Morgan fingerprint density at radius 1 is 1.12 bits per heavy atom. The van der Waals surface area contributed by atoms with Gasteiger partial charge in [0.2, 0.25) is 0 Å². The zero-order chi connectivity index (χ0) is 24.6. The molecule has 2 aromatic carbocycles. The number of alkyl halides is 3. The highest BCUT2D eigenvalue weighted by atomic mass is 19.4. The molecule has 3 atom stereocenters. The number of nitrogens with zero attached hydrogens (tertiary/aromatic N) is 2. The Morgan fingerprint density at radius 3 is 2.15 bits per heavy atom. The lowest BCUT2D eigenvalue weighted by Gasteiger charge is -2.45. The smallest absolute Gasteiger partial charge is 0.481 e. The SMILES string of the molecule is CC1(C(=O)O)CC(c2ccc(CC(F)(F)F)cc2)C[N+](C(=O)O)(c2ccc([N+](=O)[O-])cc2)C1. The minimum absolute atomic E-state index is 0.0393. The third kappa shape index (κ3) is 4.98. The molecule has 0 saturated carbocycles. The average molecular weight is 467 g/mol. The molecule has 3 unspecified atom stereocenters. The molecule has 1 amide bonds. The number of carboxylic acids is 1. The van der Waals surface area contributed by atoms with Crippen LogP contribution in [0.5, 0.6) is 0 Å². The lowest BCUT2D eigenvalue weighted by atomic mass is 9.73. The van der Waals surface area contributed by atoms with Gasteiger partial charge in [-0.05, 0) is 24.5 Å². The molecule has 0 aliphatic carbocycles. The largest absolute Gasteiger partial charge is 0.518 e. The highest BCUT2D eigenvalue weighted by Gasteiger charge is 2.56. The number of rotatable bonds is 5. The van der Waals surface area contributed by atoms with E-state index in [0.717, 1.165) is 12.1 Å². The number of carboxylic acid groups (broad SMARTS) is 2. The molecule has 3 rings (SSSR count). The molecule has 1 fully saturated rings. The number of aliphatic carboxylic acids is 1. The Hall–Kier alpha value is -3.47. The maximum atomic E-state index is 12.7. The second-order valence-corrected chi connectivity index (χ2v) is 8.67. The standard InChI is InChI=1S/C22H21F3N2O6/c1-21(19(28)29)11-16(15-4-2-14(3-5-15)10-22(23,24)25)12-27(13-21,20(30)31)18-8-6-17(7-9-18)26(32)33/h2-9,16H,10-13H2,1H3,(H-,28,29,30,31)/p+1. The molecule has 11 heteroatoms. The molecule has 2 N–H and O–H groups in total. The second-order valence-electron chi connectivity index (χ2n) is 8.67. The van der Waals surface area contributed by atoms with Crippen molar-refractivity contribution in [3.63, 3.8) is 0 Å². The van der Waals surface area contributed by atoms with Crippen LogP contribution >= 0.6 is 0 Å². The highest BCUT2D eigenvalue weighted by Crippen LogP contribution is 2.45. The molecule has 0 aromatic heterocycles. The molecular weight excluding hydrogens is 445 g/mol. The number of piperidine rings is 1. The minimum atomic E-state index is -4.38. The van der Waals surface area contributed by atoms with Crippen LogP contribution in [0.1, 0.15) is 30.4 Å². The number of nitro groups is 1. The minimum Gasteiger partial charge on any atom is -0.481 e. The van der Waals surface area contributed by atoms with Gasteiger partial charge in [0.05, 0.1) is 11.3 Å². The number of carbonyl (C=O) groups is 2. The molecule has 8 nitrogen and oxygen atoms in total. The van der Waals surface area contributed by atoms with Crippen LogP contribution in [-0.2, 0) is 11.2 Å². The third-order valence-electron chi connectivity index (χ3n) is 6.14. The molecule has 1 aliphatic heterocycles. The average Bonchev–Trinajstić information content (AvgIpc) is 2.72. The van der Waals surface area contributed by atoms with Crippen LogP contribution in [0.25, 0.3) is 0 Å². The van der Waals surface area contributed by atoms with Crippen LogP contribution < -0.4 is 4.48 Å². The predicted molar refractivity (Wildman–Crippen MR) is 112 cm³/mol. The Morgan fingerprint density at radius 2 is 1.70 bits per heavy atom. The molecule has 2 aromatic rings. The molecule has 33 heavy (non-hydrogen) atoms. The van der Waals surface area contributed by atoms with E-state index in [1.807, 2.05) is 0 Å². The van der Waals surface area contributed by atoms with Gasteiger partial charge in [-0.15, -0.1) is 0 Å². The summed E-state index contributed by atoms with van der Waals surface area (Å²) in [4.78, 5) is 35.0. The fraction of sp³-hybridized carbons (Fsp3) is 0.364. The Balaban J connectivity index is 2.05. The normalized spacial score (nSPS) is 25.4. The first kappa shape index (κ1) is 24.2. The van der Waals surface area contributed by atoms with E-state index >= 15 is 0 Å². The number of hydrogen-bond donors (Lipinski definition) is 2. The summed E-state index contributed by atoms with van der Waals surface area (Å²) in [7, 11) is 0. The summed E-state index contributed by atoms with van der Waals surface area (Å²) in [5.74, 6) is -1.79. The summed E-state index contributed by atoms with van der Waals surface area (Å²) in [5.41, 5.74) is -0.958. The summed E-state index contributed by atoms with van der Waals surface area (Å²) in [6.07, 6.45) is -6.72. The lowest BCUT2D eigenvalue weighted by Crippen LogP contribution is -2.65. The Bertz CT molecular complexity index is 1070. The fourth-order valence-corrected chi connectivity index (χ4v) is 4.54. The topological polar surface area (TPSA) is 118 Å². The van der Waals surface area contributed by atoms with Crippen molar-refractivity contribution in [3.8, 4) is 0 Å². The predicted octanol–water partition coefficient (Wildman–Crippen LogP) is 4.96. The summed E-state index contributed by atoms with van der Waals surface area (Å²) in [6, 6.07) is 10.4. The monoisotopic (exact) mass is 467 g/mol. The molecule has 0 spiro atoms. The van der Waals surface area contributed by atoms with Crippen molar-refractivity contribution in [2.75, 3.05) is 13.1 Å². The van der Waals surface area contributed by atoms with Gasteiger partial charge in [-0.3, -0.25) is 14.9 Å². The van der Waals surface area contributed by atoms with Gasteiger partial charge < -0.3 is 10.2 Å². The molecule has 1 aliphatic rings. The molecule has 0 bridgehead atoms. The van der Waals surface area contributed by atoms with Gasteiger partial charge in [0.15, 0.2) is 0 Å². The van der Waals surface area contributed by atoms with E-state index in [1.165, 1.54) is 43.3 Å². The zero-order valence-electron chi connectivity index (χ0n) is 17.6. The summed E-state index contributed by atoms with van der Waals surface area (Å²) in [6.45, 7) is 1.08. The maximum Gasteiger partial charge on any atom is 0.518 e. The molecule has 1 saturated heterocycles. The van der Waals surface area contributed by atoms with Crippen molar-refractivity contribution in [1.82, 2.24) is 4.48 Å². The molecule has 0 radical (unpaired) electrons. The quantitative estimate of drug-likeness (QED) is 0.364. The van der Waals surface area contributed by atoms with Crippen LogP contribution in [0.15, 0.2) is 48.5 Å². The highest BCUT2D eigenvalue weighted by molar-refractivity contribution is 5.84. The summed E-state index contributed by atoms with van der Waals surface area (Å²) >= 11 is 0. The molecule has 1 heterocycles. The van der Waals surface area contributed by atoms with E-state index in [1.54, 1.807) is 0 Å². The first-order chi connectivity index (χ1) is 15.3. The van der Waals surface area contributed by atoms with Gasteiger partial charge in [-0.2, -0.15) is 22.4 Å². The van der Waals surface area contributed by atoms with Crippen LogP contribution in [0.2, 0.25) is 0 Å². The van der Waals surface area contributed by atoms with Crippen molar-refractivity contribution in [3.05, 3.63) is 69.8 Å². The van der Waals surface area contributed by atoms with E-state index in [4.69, 9.17) is 0 Å². The number of hydrogen-bond acceptors (Lipinski definition) is 4. The van der Waals surface area contributed by atoms with Crippen LogP contribution in [0, 0.1) is 15.5 Å². The zero-order valence-corrected chi connectivity index (χ0v) is 17.6. The second kappa shape index (κ2) is 8.47. The van der Waals surface area contributed by atoms with Gasteiger partial charge in [0.1, 0.15) is 24.2 Å². The maximum absolute atomic E-state index is 12.7. The number of amides is 1. The molecular formula is C22H22F3N2O6+. The van der Waals surface area contributed by atoms with Crippen LogP contribution in [-0.4, -0.2) is 46.5 Å². The third-order valence-corrected chi connectivity index (χ3v) is 6.14. The van der Waals surface area contributed by atoms with Gasteiger partial charge in [-0.25, -0.2) is 0 Å². The Labute approximate surface area is 186 Å². The number of likely N-dealkylation sites (tertiary alicyclic amines) is 1. The van der Waals surface area contributed by atoms with Crippen molar-refractivity contribution in [2.24, 2.45) is 5.41 Å². The van der Waals surface area contributed by atoms with Gasteiger partial charge in [0.25, 0.3) is 5.69 Å². The Kier molecular flexibility index (Phi) is 6.20. The van der Waals surface area contributed by atoms with Crippen molar-refractivity contribution >= 4 is 23.4 Å². The van der Waals surface area contributed by atoms with E-state index in [0.29, 0.717) is 5.56 Å². The number of benzene rings is 2. The first-order valence-corrected chi connectivity index (χ1v) is 10.0. The lowest BCUT2D eigenvalue weighted by molar-refractivity contribution is -0.384. The van der Waals surface area contributed by atoms with Crippen LogP contribution in [0.3, 0.4) is 0 Å². The van der Waals surface area contributed by atoms with Crippen LogP contribution in [0.4, 0.5) is 29.3 Å². The van der Waals surface area contributed by atoms with Crippen molar-refractivity contribution in [1.29, 1.82) is 0 Å². The van der Waals surface area contributed by atoms with Crippen molar-refractivity contribution < 1.29 is 37.9 Å². The fourth-order valence-electron chi connectivity index (χ4n) is 4.54. The number of nitro benzene ring substituents is 1. The van der Waals surface area contributed by atoms with E-state index in [2.05, 4.69) is 0 Å². The summed E-state index contributed by atoms with van der Waals surface area (Å²) < 4.78 is 37.2. The first-order valence-electron chi connectivity index (χ1n) is 10.0. The van der Waals surface area contributed by atoms with Gasteiger partial charge >= 0.3 is 18.2 Å². The van der Waals surface area contributed by atoms with Gasteiger partial charge in [-0.1, -0.05) is 24.3 Å². The van der Waals surface area contributed by atoms with E-state index < -0.39 is 45.4 Å². The number of quaternary nitrogens is 1. The number of non-ortho nitro benzene ring substituents is 1. The van der Waals surface area contributed by atoms with Gasteiger partial charge in [0, 0.05) is 30.2 Å².